The van der Waals surface area contributed by atoms with Gasteiger partial charge < -0.3 is 10.1 Å². The van der Waals surface area contributed by atoms with Crippen molar-refractivity contribution in [2.45, 2.75) is 46.6 Å². The van der Waals surface area contributed by atoms with Crippen LogP contribution in [0.2, 0.25) is 0 Å². The van der Waals surface area contributed by atoms with Crippen LogP contribution in [-0.4, -0.2) is 13.2 Å². The number of nitrogens with one attached hydrogen (secondary N) is 1. The smallest absolute Gasteiger partial charge is 0.135 e. The average Bonchev–Trinajstić information content (AvgIpc) is 2.29. The van der Waals surface area contributed by atoms with Gasteiger partial charge in [0, 0.05) is 17.8 Å². The summed E-state index contributed by atoms with van der Waals surface area (Å²) in [4.78, 5) is 0. The Hall–Kier alpha value is -0.700. The second kappa shape index (κ2) is 7.78. The summed E-state index contributed by atoms with van der Waals surface area (Å²) >= 11 is 3.48. The molecule has 0 aromatic heterocycles. The van der Waals surface area contributed by atoms with Crippen molar-refractivity contribution in [2.75, 3.05) is 12.4 Å². The predicted molar refractivity (Wildman–Crippen MR) is 87.0 cm³/mol. The van der Waals surface area contributed by atoms with Gasteiger partial charge in [-0.2, -0.15) is 0 Å². The molecule has 0 unspecified atom stereocenters. The summed E-state index contributed by atoms with van der Waals surface area (Å²) in [5, 5.41) is 3.64. The maximum absolute atomic E-state index is 5.34. The average molecular weight is 328 g/mol. The minimum absolute atomic E-state index is 0.519. The first-order chi connectivity index (χ1) is 8.92. The van der Waals surface area contributed by atoms with Crippen molar-refractivity contribution >= 4 is 21.6 Å². The molecule has 0 fully saturated rings. The van der Waals surface area contributed by atoms with Crippen molar-refractivity contribution in [3.05, 3.63) is 22.7 Å². The molecule has 0 heterocycles. The molecule has 1 aromatic carbocycles. The van der Waals surface area contributed by atoms with Crippen molar-refractivity contribution in [1.82, 2.24) is 0 Å². The van der Waals surface area contributed by atoms with Gasteiger partial charge in [-0.3, -0.25) is 0 Å². The van der Waals surface area contributed by atoms with Gasteiger partial charge in [-0.25, -0.2) is 0 Å². The molecule has 2 nitrogen and oxygen atoms in total. The molecule has 0 aliphatic heterocycles. The largest absolute Gasteiger partial charge is 0.495 e. The van der Waals surface area contributed by atoms with E-state index in [-0.39, 0.29) is 0 Å². The number of hydrogen-bond donors (Lipinski definition) is 1. The second-order valence-corrected chi connectivity index (χ2v) is 6.80. The Balaban J connectivity index is 2.77. The van der Waals surface area contributed by atoms with Crippen LogP contribution in [0.1, 0.15) is 40.5 Å². The molecule has 1 N–H and O–H groups in total. The summed E-state index contributed by atoms with van der Waals surface area (Å²) in [6.45, 7) is 9.10. The van der Waals surface area contributed by atoms with Gasteiger partial charge in [-0.05, 0) is 52.7 Å². The van der Waals surface area contributed by atoms with Crippen LogP contribution in [0.3, 0.4) is 0 Å². The molecule has 19 heavy (non-hydrogen) atoms. The van der Waals surface area contributed by atoms with Crippen LogP contribution in [0.5, 0.6) is 5.75 Å². The van der Waals surface area contributed by atoms with E-state index in [9.17, 15) is 0 Å². The highest BCUT2D eigenvalue weighted by Gasteiger charge is 2.13. The van der Waals surface area contributed by atoms with Crippen LogP contribution in [0.15, 0.2) is 22.7 Å². The lowest BCUT2D eigenvalue weighted by atomic mass is 9.95. The van der Waals surface area contributed by atoms with Crippen molar-refractivity contribution in [2.24, 2.45) is 11.8 Å². The molecule has 0 atom stereocenters. The van der Waals surface area contributed by atoms with Gasteiger partial charge in [0.05, 0.1) is 11.6 Å². The van der Waals surface area contributed by atoms with Crippen molar-refractivity contribution in [3.63, 3.8) is 0 Å². The number of benzene rings is 1. The molecule has 0 spiro atoms. The summed E-state index contributed by atoms with van der Waals surface area (Å²) in [5.41, 5.74) is 1.13. The summed E-state index contributed by atoms with van der Waals surface area (Å²) in [6, 6.07) is 6.70. The van der Waals surface area contributed by atoms with Crippen molar-refractivity contribution in [3.8, 4) is 5.75 Å². The lowest BCUT2D eigenvalue weighted by molar-refractivity contribution is 0.412. The van der Waals surface area contributed by atoms with Crippen LogP contribution in [-0.2, 0) is 0 Å². The first-order valence-corrected chi connectivity index (χ1v) is 7.81. The summed E-state index contributed by atoms with van der Waals surface area (Å²) in [7, 11) is 1.70. The third kappa shape index (κ3) is 5.85. The Morgan fingerprint density at radius 1 is 1.11 bits per heavy atom. The quantitative estimate of drug-likeness (QED) is 0.730. The number of ether oxygens (including phenoxy) is 1. The molecule has 0 aliphatic carbocycles. The van der Waals surface area contributed by atoms with Crippen LogP contribution >= 0.6 is 15.9 Å². The van der Waals surface area contributed by atoms with Crippen molar-refractivity contribution in [1.29, 1.82) is 0 Å². The summed E-state index contributed by atoms with van der Waals surface area (Å²) in [6.07, 6.45) is 2.38. The van der Waals surface area contributed by atoms with E-state index in [0.29, 0.717) is 17.9 Å². The first kappa shape index (κ1) is 16.4. The lowest BCUT2D eigenvalue weighted by Gasteiger charge is -2.24. The van der Waals surface area contributed by atoms with Gasteiger partial charge >= 0.3 is 0 Å². The standard InChI is InChI=1S/C16H26BrNO/c1-11(2)8-14(9-12(3)4)18-13-6-7-15(17)16(10-13)19-5/h6-7,10-12,14,18H,8-9H2,1-5H3. The van der Waals surface area contributed by atoms with Crippen LogP contribution in [0, 0.1) is 11.8 Å². The minimum atomic E-state index is 0.519. The maximum atomic E-state index is 5.34. The molecule has 3 heteroatoms. The van der Waals surface area contributed by atoms with Gasteiger partial charge in [0.2, 0.25) is 0 Å². The molecule has 108 valence electrons. The van der Waals surface area contributed by atoms with Gasteiger partial charge in [0.25, 0.3) is 0 Å². The highest BCUT2D eigenvalue weighted by molar-refractivity contribution is 9.10. The van der Waals surface area contributed by atoms with Crippen LogP contribution in [0.25, 0.3) is 0 Å². The molecule has 1 aromatic rings. The van der Waals surface area contributed by atoms with Crippen LogP contribution in [0.4, 0.5) is 5.69 Å². The third-order valence-corrected chi connectivity index (χ3v) is 3.69. The Bertz CT molecular complexity index is 380. The van der Waals surface area contributed by atoms with Crippen molar-refractivity contribution < 1.29 is 4.74 Å². The van der Waals surface area contributed by atoms with Gasteiger partial charge in [-0.15, -0.1) is 0 Å². The highest BCUT2D eigenvalue weighted by atomic mass is 79.9. The second-order valence-electron chi connectivity index (χ2n) is 5.95. The Morgan fingerprint density at radius 3 is 2.16 bits per heavy atom. The lowest BCUT2D eigenvalue weighted by Crippen LogP contribution is -2.23. The predicted octanol–water partition coefficient (Wildman–Crippen LogP) is 5.33. The van der Waals surface area contributed by atoms with E-state index in [0.717, 1.165) is 15.9 Å². The summed E-state index contributed by atoms with van der Waals surface area (Å²) < 4.78 is 6.33. The zero-order chi connectivity index (χ0) is 14.4. The van der Waals surface area contributed by atoms with Gasteiger partial charge in [0.1, 0.15) is 5.75 Å². The van der Waals surface area contributed by atoms with Gasteiger partial charge in [-0.1, -0.05) is 27.7 Å². The monoisotopic (exact) mass is 327 g/mol. The Kier molecular flexibility index (Phi) is 6.70. The number of halogens is 1. The molecule has 0 saturated carbocycles. The maximum Gasteiger partial charge on any atom is 0.135 e. The molecule has 1 rings (SSSR count). The molecule has 0 bridgehead atoms. The third-order valence-electron chi connectivity index (χ3n) is 3.03. The molecule has 0 saturated heterocycles. The number of anilines is 1. The van der Waals surface area contributed by atoms with E-state index >= 15 is 0 Å². The molecule has 0 amide bonds. The summed E-state index contributed by atoms with van der Waals surface area (Å²) in [5.74, 6) is 2.28. The zero-order valence-electron chi connectivity index (χ0n) is 12.7. The Labute approximate surface area is 126 Å². The molecular weight excluding hydrogens is 302 g/mol. The fourth-order valence-electron chi connectivity index (χ4n) is 2.34. The van der Waals surface area contributed by atoms with Crippen LogP contribution < -0.4 is 10.1 Å². The molecule has 0 aliphatic rings. The number of rotatable bonds is 7. The van der Waals surface area contributed by atoms with E-state index in [2.05, 4.69) is 61.1 Å². The van der Waals surface area contributed by atoms with E-state index < -0.39 is 0 Å². The normalized spacial score (nSPS) is 11.4. The van der Waals surface area contributed by atoms with Gasteiger partial charge in [0.15, 0.2) is 0 Å². The first-order valence-electron chi connectivity index (χ1n) is 7.02. The Morgan fingerprint density at radius 2 is 1.68 bits per heavy atom. The fourth-order valence-corrected chi connectivity index (χ4v) is 2.75. The highest BCUT2D eigenvalue weighted by Crippen LogP contribution is 2.29. The minimum Gasteiger partial charge on any atom is -0.495 e. The van der Waals surface area contributed by atoms with E-state index in [1.165, 1.54) is 12.8 Å². The SMILES string of the molecule is COc1cc(NC(CC(C)C)CC(C)C)ccc1Br. The molecular formula is C16H26BrNO. The molecule has 0 radical (unpaired) electrons. The topological polar surface area (TPSA) is 21.3 Å². The van der Waals surface area contributed by atoms with E-state index in [1.54, 1.807) is 7.11 Å². The zero-order valence-corrected chi connectivity index (χ0v) is 14.3. The van der Waals surface area contributed by atoms with E-state index in [1.807, 2.05) is 6.07 Å². The number of hydrogen-bond acceptors (Lipinski definition) is 2. The number of methoxy groups -OCH3 is 1. The fraction of sp³-hybridized carbons (Fsp3) is 0.625. The van der Waals surface area contributed by atoms with E-state index in [4.69, 9.17) is 4.74 Å².